The number of aromatic nitrogens is 4. The molecule has 0 amide bonds. The van der Waals surface area contributed by atoms with Gasteiger partial charge in [0.05, 0.1) is 33.5 Å². The average Bonchev–Trinajstić information content (AvgIpc) is 3.76. The van der Waals surface area contributed by atoms with Gasteiger partial charge in [0.15, 0.2) is 5.82 Å². The highest BCUT2D eigenvalue weighted by molar-refractivity contribution is 5.97. The molecule has 0 saturated heterocycles. The smallest absolute Gasteiger partial charge is 0.160 e. The molecule has 0 unspecified atom stereocenters. The molecule has 1 spiro atoms. The summed E-state index contributed by atoms with van der Waals surface area (Å²) in [4.78, 5) is 15.6. The Morgan fingerprint density at radius 3 is 1.65 bits per heavy atom. The molecule has 0 radical (unpaired) electrons. The fourth-order valence-electron chi connectivity index (χ4n) is 8.69. The molecule has 4 heteroatoms. The van der Waals surface area contributed by atoms with Crippen LogP contribution in [-0.2, 0) is 5.41 Å². The van der Waals surface area contributed by atoms with Gasteiger partial charge in [0.1, 0.15) is 5.82 Å². The molecule has 1 aliphatic carbocycles. The first-order valence-electron chi connectivity index (χ1n) is 17.7. The lowest BCUT2D eigenvalue weighted by Gasteiger charge is -2.39. The van der Waals surface area contributed by atoms with Crippen molar-refractivity contribution in [1.29, 1.82) is 0 Å². The zero-order valence-corrected chi connectivity index (χ0v) is 28.1. The maximum Gasteiger partial charge on any atom is 0.160 e. The Labute approximate surface area is 301 Å². The Hall–Kier alpha value is -6.91. The van der Waals surface area contributed by atoms with Gasteiger partial charge >= 0.3 is 0 Å². The quantitative estimate of drug-likeness (QED) is 0.188. The fraction of sp³-hybridized carbons (Fsp3) is 0.0208. The van der Waals surface area contributed by atoms with Gasteiger partial charge in [-0.15, -0.1) is 0 Å². The Balaban J connectivity index is 1.15. The minimum Gasteiger partial charge on any atom is -0.292 e. The first-order valence-corrected chi connectivity index (χ1v) is 17.7. The van der Waals surface area contributed by atoms with Crippen molar-refractivity contribution in [1.82, 2.24) is 19.5 Å². The molecule has 242 valence electrons. The van der Waals surface area contributed by atoms with E-state index in [1.165, 1.54) is 33.4 Å². The van der Waals surface area contributed by atoms with E-state index in [1.54, 1.807) is 0 Å². The van der Waals surface area contributed by atoms with Crippen LogP contribution in [0.5, 0.6) is 0 Å². The first kappa shape index (κ1) is 28.9. The predicted molar refractivity (Wildman–Crippen MR) is 209 cm³/mol. The third kappa shape index (κ3) is 4.00. The molecule has 4 nitrogen and oxygen atoms in total. The molecule has 0 fully saturated rings. The monoisotopic (exact) mass is 662 g/mol. The molecule has 0 N–H and O–H groups in total. The minimum atomic E-state index is -0.457. The molecule has 0 bridgehead atoms. The number of imidazole rings is 1. The highest BCUT2D eigenvalue weighted by atomic mass is 15.1. The van der Waals surface area contributed by atoms with E-state index in [0.29, 0.717) is 5.82 Å². The van der Waals surface area contributed by atoms with Crippen molar-refractivity contribution in [3.63, 3.8) is 0 Å². The summed E-state index contributed by atoms with van der Waals surface area (Å²) in [6, 6.07) is 64.6. The van der Waals surface area contributed by atoms with E-state index in [4.69, 9.17) is 15.0 Å². The van der Waals surface area contributed by atoms with E-state index >= 15 is 0 Å². The number of para-hydroxylation sites is 2. The van der Waals surface area contributed by atoms with Gasteiger partial charge in [-0.05, 0) is 57.6 Å². The van der Waals surface area contributed by atoms with Crippen molar-refractivity contribution in [2.45, 2.75) is 5.41 Å². The SMILES string of the molecule is c1ccc(-c2cc(-c3cccc(-c4nc5cccc6c5n4-c4ccccc4C64c5ccccc5-c5ccccc54)c3)nc(-c3ccccc3)n2)cc1. The molecule has 9 aromatic rings. The number of rotatable bonds is 4. The first-order chi connectivity index (χ1) is 25.8. The highest BCUT2D eigenvalue weighted by Gasteiger charge is 2.50. The highest BCUT2D eigenvalue weighted by Crippen LogP contribution is 2.60. The normalized spacial score (nSPS) is 13.2. The van der Waals surface area contributed by atoms with E-state index in [-0.39, 0.29) is 0 Å². The molecule has 7 aromatic carbocycles. The van der Waals surface area contributed by atoms with Crippen LogP contribution >= 0.6 is 0 Å². The number of hydrogen-bond donors (Lipinski definition) is 0. The number of hydrogen-bond acceptors (Lipinski definition) is 3. The van der Waals surface area contributed by atoms with Crippen molar-refractivity contribution in [2.24, 2.45) is 0 Å². The summed E-state index contributed by atoms with van der Waals surface area (Å²) in [5.41, 5.74) is 16.4. The van der Waals surface area contributed by atoms with Crippen molar-refractivity contribution in [3.05, 3.63) is 204 Å². The number of nitrogens with zero attached hydrogens (tertiary/aromatic N) is 4. The van der Waals surface area contributed by atoms with Crippen molar-refractivity contribution in [2.75, 3.05) is 0 Å². The van der Waals surface area contributed by atoms with Gasteiger partial charge in [-0.3, -0.25) is 4.57 Å². The van der Waals surface area contributed by atoms with Gasteiger partial charge in [-0.2, -0.15) is 0 Å². The molecule has 2 aromatic heterocycles. The van der Waals surface area contributed by atoms with Gasteiger partial charge in [-0.1, -0.05) is 158 Å². The second-order valence-electron chi connectivity index (χ2n) is 13.6. The summed E-state index contributed by atoms with van der Waals surface area (Å²) in [7, 11) is 0. The maximum atomic E-state index is 5.42. The van der Waals surface area contributed by atoms with Gasteiger partial charge in [0.2, 0.25) is 0 Å². The minimum absolute atomic E-state index is 0.457. The van der Waals surface area contributed by atoms with Crippen LogP contribution in [0.3, 0.4) is 0 Å². The van der Waals surface area contributed by atoms with E-state index in [9.17, 15) is 0 Å². The van der Waals surface area contributed by atoms with Crippen molar-refractivity contribution in [3.8, 4) is 62.1 Å². The Morgan fingerprint density at radius 1 is 0.385 bits per heavy atom. The molecular weight excluding hydrogens is 633 g/mol. The Morgan fingerprint density at radius 2 is 0.923 bits per heavy atom. The molecule has 0 atom stereocenters. The van der Waals surface area contributed by atoms with Crippen LogP contribution in [0.15, 0.2) is 182 Å². The maximum absolute atomic E-state index is 5.42. The van der Waals surface area contributed by atoms with Crippen LogP contribution < -0.4 is 0 Å². The summed E-state index contributed by atoms with van der Waals surface area (Å²) in [5, 5.41) is 0. The number of benzene rings is 7. The molecule has 3 heterocycles. The second kappa shape index (κ2) is 11.0. The molecule has 52 heavy (non-hydrogen) atoms. The van der Waals surface area contributed by atoms with Crippen LogP contribution in [0.25, 0.3) is 73.1 Å². The summed E-state index contributed by atoms with van der Waals surface area (Å²) in [6.07, 6.45) is 0. The van der Waals surface area contributed by atoms with Crippen LogP contribution in [0, 0.1) is 0 Å². The van der Waals surface area contributed by atoms with Gasteiger partial charge in [0, 0.05) is 22.3 Å². The summed E-state index contributed by atoms with van der Waals surface area (Å²) in [6.45, 7) is 0. The predicted octanol–water partition coefficient (Wildman–Crippen LogP) is 11.2. The fourth-order valence-corrected chi connectivity index (χ4v) is 8.69. The third-order valence-corrected chi connectivity index (χ3v) is 10.8. The summed E-state index contributed by atoms with van der Waals surface area (Å²) < 4.78 is 2.39. The van der Waals surface area contributed by atoms with Crippen LogP contribution in [0.4, 0.5) is 0 Å². The lowest BCUT2D eigenvalue weighted by molar-refractivity contribution is 0.746. The van der Waals surface area contributed by atoms with E-state index in [1.807, 2.05) is 36.4 Å². The van der Waals surface area contributed by atoms with Crippen LogP contribution in [0.1, 0.15) is 22.3 Å². The van der Waals surface area contributed by atoms with Gasteiger partial charge < -0.3 is 0 Å². The second-order valence-corrected chi connectivity index (χ2v) is 13.6. The standard InChI is InChI=1S/C48H30N4/c1-3-15-31(16-4-1)42-30-43(50-46(49-42)32-17-5-2-6-18-32)33-19-13-20-34(29-33)47-51-41-27-14-26-40-45(41)52(47)44-28-12-11-25-39(44)48(40)37-23-9-7-21-35(37)36-22-8-10-24-38(36)48/h1-30H. The third-order valence-electron chi connectivity index (χ3n) is 10.8. The Kier molecular flexibility index (Phi) is 6.13. The molecule has 1 aliphatic heterocycles. The van der Waals surface area contributed by atoms with Gasteiger partial charge in [-0.25, -0.2) is 15.0 Å². The average molecular weight is 663 g/mol. The lowest BCUT2D eigenvalue weighted by atomic mass is 9.65. The number of fused-ring (bicyclic) bond motifs is 9. The summed E-state index contributed by atoms with van der Waals surface area (Å²) in [5.74, 6) is 1.61. The molecule has 2 aliphatic rings. The Bertz CT molecular complexity index is 2750. The molecular formula is C48H30N4. The molecule has 11 rings (SSSR count). The van der Waals surface area contributed by atoms with Crippen molar-refractivity contribution < 1.29 is 0 Å². The van der Waals surface area contributed by atoms with E-state index in [0.717, 1.165) is 56.2 Å². The summed E-state index contributed by atoms with van der Waals surface area (Å²) >= 11 is 0. The largest absolute Gasteiger partial charge is 0.292 e. The van der Waals surface area contributed by atoms with Gasteiger partial charge in [0.25, 0.3) is 0 Å². The van der Waals surface area contributed by atoms with E-state index < -0.39 is 5.41 Å². The molecule has 0 saturated carbocycles. The van der Waals surface area contributed by atoms with Crippen LogP contribution in [0.2, 0.25) is 0 Å². The van der Waals surface area contributed by atoms with E-state index in [2.05, 4.69) is 150 Å². The zero-order chi connectivity index (χ0) is 34.2. The topological polar surface area (TPSA) is 43.6 Å². The van der Waals surface area contributed by atoms with Crippen molar-refractivity contribution >= 4 is 11.0 Å². The lowest BCUT2D eigenvalue weighted by Crippen LogP contribution is -2.33. The zero-order valence-electron chi connectivity index (χ0n) is 28.1. The van der Waals surface area contributed by atoms with Crippen LogP contribution in [-0.4, -0.2) is 19.5 Å².